The first kappa shape index (κ1) is 9.33. The maximum atomic E-state index is 11.4. The van der Waals surface area contributed by atoms with Gasteiger partial charge in [0, 0.05) is 11.6 Å². The third kappa shape index (κ3) is 1.54. The Morgan fingerprint density at radius 3 is 2.88 bits per heavy atom. The van der Waals surface area contributed by atoms with Gasteiger partial charge in [0.15, 0.2) is 0 Å². The smallest absolute Gasteiger partial charge is 0.254 e. The molecule has 1 aromatic rings. The summed E-state index contributed by atoms with van der Waals surface area (Å²) in [5.74, 6) is -0.512. The van der Waals surface area contributed by atoms with E-state index in [1.807, 2.05) is 0 Å². The summed E-state index contributed by atoms with van der Waals surface area (Å²) in [5.41, 5.74) is 1.43. The SMILES string of the molecule is O=C1CC(=Cc2cncn2C2CC2)C(=O)N1. The summed E-state index contributed by atoms with van der Waals surface area (Å²) in [6.45, 7) is 0. The second kappa shape index (κ2) is 3.30. The molecule has 2 aliphatic rings. The van der Waals surface area contributed by atoms with Crippen LogP contribution in [0.2, 0.25) is 0 Å². The molecule has 1 N–H and O–H groups in total. The number of nitrogens with one attached hydrogen (secondary N) is 1. The van der Waals surface area contributed by atoms with Gasteiger partial charge in [-0.2, -0.15) is 0 Å². The van der Waals surface area contributed by atoms with Gasteiger partial charge in [-0.15, -0.1) is 0 Å². The van der Waals surface area contributed by atoms with Gasteiger partial charge in [0.1, 0.15) is 0 Å². The molecular formula is C11H11N3O2. The molecule has 16 heavy (non-hydrogen) atoms. The molecule has 2 amide bonds. The molecule has 5 nitrogen and oxygen atoms in total. The van der Waals surface area contributed by atoms with E-state index in [4.69, 9.17) is 0 Å². The zero-order valence-corrected chi connectivity index (χ0v) is 8.64. The summed E-state index contributed by atoms with van der Waals surface area (Å²) in [6.07, 6.45) is 7.76. The van der Waals surface area contributed by atoms with Crippen molar-refractivity contribution in [3.05, 3.63) is 23.8 Å². The van der Waals surface area contributed by atoms with Crippen molar-refractivity contribution in [1.29, 1.82) is 0 Å². The zero-order valence-electron chi connectivity index (χ0n) is 8.64. The number of nitrogens with zero attached hydrogens (tertiary/aromatic N) is 2. The molecule has 0 bridgehead atoms. The Morgan fingerprint density at radius 1 is 1.44 bits per heavy atom. The van der Waals surface area contributed by atoms with Crippen molar-refractivity contribution >= 4 is 17.9 Å². The van der Waals surface area contributed by atoms with E-state index in [-0.39, 0.29) is 18.2 Å². The van der Waals surface area contributed by atoms with Crippen LogP contribution in [0.4, 0.5) is 0 Å². The quantitative estimate of drug-likeness (QED) is 0.584. The van der Waals surface area contributed by atoms with E-state index >= 15 is 0 Å². The van der Waals surface area contributed by atoms with Crippen LogP contribution in [0.15, 0.2) is 18.1 Å². The molecule has 0 unspecified atom stereocenters. The molecule has 82 valence electrons. The highest BCUT2D eigenvalue weighted by Crippen LogP contribution is 2.36. The first-order valence-electron chi connectivity index (χ1n) is 5.30. The van der Waals surface area contributed by atoms with Crippen LogP contribution >= 0.6 is 0 Å². The minimum atomic E-state index is -0.284. The van der Waals surface area contributed by atoms with Crippen molar-refractivity contribution in [2.24, 2.45) is 0 Å². The Hall–Kier alpha value is -1.91. The second-order valence-corrected chi connectivity index (χ2v) is 4.18. The molecule has 5 heteroatoms. The van der Waals surface area contributed by atoms with Gasteiger partial charge in [0.05, 0.1) is 24.6 Å². The number of hydrogen-bond acceptors (Lipinski definition) is 3. The van der Waals surface area contributed by atoms with E-state index in [1.165, 1.54) is 0 Å². The summed E-state index contributed by atoms with van der Waals surface area (Å²) in [7, 11) is 0. The maximum absolute atomic E-state index is 11.4. The number of amides is 2. The lowest BCUT2D eigenvalue weighted by molar-refractivity contribution is -0.124. The van der Waals surface area contributed by atoms with Crippen LogP contribution in [-0.2, 0) is 9.59 Å². The highest BCUT2D eigenvalue weighted by Gasteiger charge is 2.27. The summed E-state index contributed by atoms with van der Waals surface area (Å²) in [4.78, 5) is 26.5. The van der Waals surface area contributed by atoms with E-state index in [0.717, 1.165) is 18.5 Å². The fourth-order valence-corrected chi connectivity index (χ4v) is 1.88. The summed E-state index contributed by atoms with van der Waals surface area (Å²) in [5, 5.41) is 2.27. The van der Waals surface area contributed by atoms with Crippen molar-refractivity contribution in [2.45, 2.75) is 25.3 Å². The van der Waals surface area contributed by atoms with Crippen LogP contribution in [0.25, 0.3) is 6.08 Å². The first-order valence-corrected chi connectivity index (χ1v) is 5.30. The summed E-state index contributed by atoms with van der Waals surface area (Å²) >= 11 is 0. The van der Waals surface area contributed by atoms with Crippen LogP contribution in [-0.4, -0.2) is 21.4 Å². The summed E-state index contributed by atoms with van der Waals surface area (Å²) in [6, 6.07) is 0.523. The summed E-state index contributed by atoms with van der Waals surface area (Å²) < 4.78 is 2.06. The number of carbonyl (C=O) groups excluding carboxylic acids is 2. The van der Waals surface area contributed by atoms with Gasteiger partial charge in [0.2, 0.25) is 5.91 Å². The van der Waals surface area contributed by atoms with Gasteiger partial charge in [-0.1, -0.05) is 0 Å². The van der Waals surface area contributed by atoms with Crippen molar-refractivity contribution in [3.8, 4) is 0 Å². The van der Waals surface area contributed by atoms with Crippen LogP contribution < -0.4 is 5.32 Å². The molecular weight excluding hydrogens is 206 g/mol. The van der Waals surface area contributed by atoms with Crippen LogP contribution in [0, 0.1) is 0 Å². The molecule has 0 spiro atoms. The number of aromatic nitrogens is 2. The minimum Gasteiger partial charge on any atom is -0.328 e. The zero-order chi connectivity index (χ0) is 11.1. The topological polar surface area (TPSA) is 64.0 Å². The largest absolute Gasteiger partial charge is 0.328 e. The molecule has 0 radical (unpaired) electrons. The number of rotatable bonds is 2. The Labute approximate surface area is 92.2 Å². The van der Waals surface area contributed by atoms with Crippen molar-refractivity contribution in [2.75, 3.05) is 0 Å². The third-order valence-corrected chi connectivity index (χ3v) is 2.85. The highest BCUT2D eigenvalue weighted by atomic mass is 16.2. The molecule has 1 saturated carbocycles. The molecule has 2 fully saturated rings. The lowest BCUT2D eigenvalue weighted by atomic mass is 10.2. The fourth-order valence-electron chi connectivity index (χ4n) is 1.88. The third-order valence-electron chi connectivity index (χ3n) is 2.85. The normalized spacial score (nSPS) is 22.9. The minimum absolute atomic E-state index is 0.175. The van der Waals surface area contributed by atoms with Crippen LogP contribution in [0.5, 0.6) is 0 Å². The molecule has 2 heterocycles. The number of imidazole rings is 1. The lowest BCUT2D eigenvalue weighted by Crippen LogP contribution is -2.19. The Morgan fingerprint density at radius 2 is 2.25 bits per heavy atom. The Balaban J connectivity index is 1.92. The van der Waals surface area contributed by atoms with Crippen molar-refractivity contribution in [3.63, 3.8) is 0 Å². The molecule has 0 aromatic carbocycles. The molecule has 1 aliphatic carbocycles. The van der Waals surface area contributed by atoms with Crippen molar-refractivity contribution < 1.29 is 9.59 Å². The van der Waals surface area contributed by atoms with Gasteiger partial charge in [0.25, 0.3) is 5.91 Å². The van der Waals surface area contributed by atoms with Gasteiger partial charge in [-0.05, 0) is 18.9 Å². The van der Waals surface area contributed by atoms with E-state index < -0.39 is 0 Å². The second-order valence-electron chi connectivity index (χ2n) is 4.18. The predicted molar refractivity (Wildman–Crippen MR) is 56.2 cm³/mol. The van der Waals surface area contributed by atoms with E-state index in [9.17, 15) is 9.59 Å². The number of imide groups is 1. The molecule has 3 rings (SSSR count). The molecule has 1 aromatic heterocycles. The van der Waals surface area contributed by atoms with Crippen molar-refractivity contribution in [1.82, 2.24) is 14.9 Å². The van der Waals surface area contributed by atoms with Gasteiger partial charge < -0.3 is 4.57 Å². The average molecular weight is 217 g/mol. The molecule has 0 atom stereocenters. The van der Waals surface area contributed by atoms with Gasteiger partial charge in [-0.25, -0.2) is 4.98 Å². The Kier molecular flexibility index (Phi) is 1.92. The van der Waals surface area contributed by atoms with Crippen LogP contribution in [0.3, 0.4) is 0 Å². The molecule has 1 saturated heterocycles. The lowest BCUT2D eigenvalue weighted by Gasteiger charge is -2.01. The van der Waals surface area contributed by atoms with Gasteiger partial charge >= 0.3 is 0 Å². The van der Waals surface area contributed by atoms with Crippen LogP contribution in [0.1, 0.15) is 31.0 Å². The highest BCUT2D eigenvalue weighted by molar-refractivity contribution is 6.15. The van der Waals surface area contributed by atoms with E-state index in [0.29, 0.717) is 11.6 Å². The predicted octanol–water partition coefficient (Wildman–Crippen LogP) is 0.648. The average Bonchev–Trinajstić information content (AvgIpc) is 2.90. The molecule has 1 aliphatic heterocycles. The number of carbonyl (C=O) groups is 2. The first-order chi connectivity index (χ1) is 7.74. The van der Waals surface area contributed by atoms with Gasteiger partial charge in [-0.3, -0.25) is 14.9 Å². The monoisotopic (exact) mass is 217 g/mol. The maximum Gasteiger partial charge on any atom is 0.254 e. The fraction of sp³-hybridized carbons (Fsp3) is 0.364. The van der Waals surface area contributed by atoms with E-state index in [2.05, 4.69) is 14.9 Å². The number of hydrogen-bond donors (Lipinski definition) is 1. The van der Waals surface area contributed by atoms with E-state index in [1.54, 1.807) is 18.6 Å². The Bertz CT molecular complexity index is 497. The standard InChI is InChI=1S/C11H11N3O2/c15-10-4-7(11(16)13-10)3-9-5-12-6-14(9)8-1-2-8/h3,5-6,8H,1-2,4H2,(H,13,15,16).